The molecule has 0 aromatic heterocycles. The lowest BCUT2D eigenvalue weighted by Crippen LogP contribution is -2.42. The Hall–Kier alpha value is -2.40. The molecule has 0 radical (unpaired) electrons. The van der Waals surface area contributed by atoms with Gasteiger partial charge in [-0.2, -0.15) is 0 Å². The molecule has 1 amide bonds. The number of amides is 1. The second-order valence-corrected chi connectivity index (χ2v) is 7.02. The number of carboxylic acids is 1. The van der Waals surface area contributed by atoms with E-state index in [0.717, 1.165) is 16.3 Å². The van der Waals surface area contributed by atoms with E-state index in [9.17, 15) is 14.7 Å². The minimum absolute atomic E-state index is 0.144. The smallest absolute Gasteiger partial charge is 0.326 e. The topological polar surface area (TPSA) is 75.6 Å². The summed E-state index contributed by atoms with van der Waals surface area (Å²) in [5.41, 5.74) is 0.543. The van der Waals surface area contributed by atoms with Crippen LogP contribution in [0, 0.1) is 0 Å². The molecule has 0 spiro atoms. The summed E-state index contributed by atoms with van der Waals surface area (Å²) >= 11 is 0. The van der Waals surface area contributed by atoms with Crippen molar-refractivity contribution in [2.45, 2.75) is 45.3 Å². The normalized spacial score (nSPS) is 12.8. The number of nitrogens with one attached hydrogen (secondary N) is 1. The Bertz CT molecular complexity index is 743. The average Bonchev–Trinajstić information content (AvgIpc) is 2.53. The molecule has 2 aromatic carbocycles. The van der Waals surface area contributed by atoms with Gasteiger partial charge in [0.2, 0.25) is 5.91 Å². The van der Waals surface area contributed by atoms with Gasteiger partial charge in [-0.3, -0.25) is 4.79 Å². The van der Waals surface area contributed by atoms with Crippen LogP contribution in [-0.4, -0.2) is 35.2 Å². The van der Waals surface area contributed by atoms with Gasteiger partial charge in [0.25, 0.3) is 0 Å². The molecule has 0 saturated carbocycles. The van der Waals surface area contributed by atoms with Crippen LogP contribution in [0.4, 0.5) is 0 Å². The third-order valence-corrected chi connectivity index (χ3v) is 3.81. The molecule has 25 heavy (non-hydrogen) atoms. The van der Waals surface area contributed by atoms with Crippen LogP contribution in [-0.2, 0) is 20.7 Å². The average molecular weight is 343 g/mol. The van der Waals surface area contributed by atoms with Gasteiger partial charge in [-0.25, -0.2) is 4.79 Å². The standard InChI is InChI=1S/C20H25NO4/c1-20(2,3)25-12-11-17(19(23)24)21-18(22)13-15-9-6-8-14-7-4-5-10-16(14)15/h4-10,17H,11-13H2,1-3H3,(H,21,22)(H,23,24). The van der Waals surface area contributed by atoms with Gasteiger partial charge in [-0.15, -0.1) is 0 Å². The lowest BCUT2D eigenvalue weighted by molar-refractivity contribution is -0.142. The predicted octanol–water partition coefficient (Wildman–Crippen LogP) is 3.16. The molecule has 0 heterocycles. The summed E-state index contributed by atoms with van der Waals surface area (Å²) in [5, 5.41) is 14.0. The van der Waals surface area contributed by atoms with Gasteiger partial charge < -0.3 is 15.2 Å². The molecule has 2 aromatic rings. The zero-order valence-corrected chi connectivity index (χ0v) is 14.9. The fourth-order valence-electron chi connectivity index (χ4n) is 2.61. The molecule has 0 saturated heterocycles. The van der Waals surface area contributed by atoms with E-state index in [1.54, 1.807) is 0 Å². The number of carbonyl (C=O) groups is 2. The van der Waals surface area contributed by atoms with Gasteiger partial charge in [0, 0.05) is 13.0 Å². The SMILES string of the molecule is CC(C)(C)OCCC(NC(=O)Cc1cccc2ccccc12)C(=O)O. The lowest BCUT2D eigenvalue weighted by atomic mass is 10.0. The number of hydrogen-bond acceptors (Lipinski definition) is 3. The van der Waals surface area contributed by atoms with Crippen molar-refractivity contribution < 1.29 is 19.4 Å². The zero-order valence-electron chi connectivity index (χ0n) is 14.9. The van der Waals surface area contributed by atoms with Crippen LogP contribution >= 0.6 is 0 Å². The Kier molecular flexibility index (Phi) is 6.15. The van der Waals surface area contributed by atoms with Crippen molar-refractivity contribution in [2.75, 3.05) is 6.61 Å². The first-order chi connectivity index (χ1) is 11.8. The molecular formula is C20H25NO4. The van der Waals surface area contributed by atoms with Crippen molar-refractivity contribution in [3.05, 3.63) is 48.0 Å². The van der Waals surface area contributed by atoms with Gasteiger partial charge in [-0.1, -0.05) is 42.5 Å². The van der Waals surface area contributed by atoms with Crippen LogP contribution in [0.1, 0.15) is 32.8 Å². The van der Waals surface area contributed by atoms with Crippen LogP contribution in [0.5, 0.6) is 0 Å². The third kappa shape index (κ3) is 5.87. The Morgan fingerprint density at radius 2 is 1.80 bits per heavy atom. The number of ether oxygens (including phenoxy) is 1. The summed E-state index contributed by atoms with van der Waals surface area (Å²) < 4.78 is 5.55. The van der Waals surface area contributed by atoms with Gasteiger partial charge in [0.15, 0.2) is 0 Å². The van der Waals surface area contributed by atoms with Gasteiger partial charge in [-0.05, 0) is 37.1 Å². The number of carbonyl (C=O) groups excluding carboxylic acids is 1. The first-order valence-corrected chi connectivity index (χ1v) is 8.39. The number of aliphatic carboxylic acids is 1. The Balaban J connectivity index is 2.00. The largest absolute Gasteiger partial charge is 0.480 e. The van der Waals surface area contributed by atoms with E-state index >= 15 is 0 Å². The Labute approximate surface area is 148 Å². The first kappa shape index (κ1) is 18.9. The highest BCUT2D eigenvalue weighted by molar-refractivity contribution is 5.91. The number of benzene rings is 2. The molecule has 0 bridgehead atoms. The van der Waals surface area contributed by atoms with E-state index in [1.165, 1.54) is 0 Å². The second kappa shape index (κ2) is 8.12. The van der Waals surface area contributed by atoms with E-state index in [4.69, 9.17) is 4.74 Å². The maximum Gasteiger partial charge on any atom is 0.326 e. The Morgan fingerprint density at radius 1 is 1.12 bits per heavy atom. The molecular weight excluding hydrogens is 318 g/mol. The molecule has 2 N–H and O–H groups in total. The molecule has 1 unspecified atom stereocenters. The Morgan fingerprint density at radius 3 is 2.48 bits per heavy atom. The molecule has 5 heteroatoms. The van der Waals surface area contributed by atoms with Crippen LogP contribution in [0.25, 0.3) is 10.8 Å². The van der Waals surface area contributed by atoms with Crippen molar-refractivity contribution in [2.24, 2.45) is 0 Å². The van der Waals surface area contributed by atoms with Crippen LogP contribution in [0.2, 0.25) is 0 Å². The highest BCUT2D eigenvalue weighted by Crippen LogP contribution is 2.19. The summed E-state index contributed by atoms with van der Waals surface area (Å²) in [6, 6.07) is 12.6. The first-order valence-electron chi connectivity index (χ1n) is 8.39. The monoisotopic (exact) mass is 343 g/mol. The van der Waals surface area contributed by atoms with Crippen LogP contribution in [0.15, 0.2) is 42.5 Å². The molecule has 0 aliphatic carbocycles. The van der Waals surface area contributed by atoms with E-state index in [0.29, 0.717) is 0 Å². The fraction of sp³-hybridized carbons (Fsp3) is 0.400. The maximum atomic E-state index is 12.3. The van der Waals surface area contributed by atoms with Crippen molar-refractivity contribution >= 4 is 22.6 Å². The summed E-state index contributed by atoms with van der Waals surface area (Å²) in [6.07, 6.45) is 0.374. The molecule has 1 atom stereocenters. The van der Waals surface area contributed by atoms with Gasteiger partial charge in [0.1, 0.15) is 6.04 Å². The predicted molar refractivity (Wildman–Crippen MR) is 97.5 cm³/mol. The number of fused-ring (bicyclic) bond motifs is 1. The van der Waals surface area contributed by atoms with Crippen molar-refractivity contribution in [3.63, 3.8) is 0 Å². The molecule has 5 nitrogen and oxygen atoms in total. The number of hydrogen-bond donors (Lipinski definition) is 2. The highest BCUT2D eigenvalue weighted by Gasteiger charge is 2.21. The van der Waals surface area contributed by atoms with Crippen molar-refractivity contribution in [1.29, 1.82) is 0 Å². The van der Waals surface area contributed by atoms with Crippen LogP contribution < -0.4 is 5.32 Å². The minimum atomic E-state index is -1.05. The quantitative estimate of drug-likeness (QED) is 0.810. The zero-order chi connectivity index (χ0) is 18.4. The molecule has 0 aliphatic heterocycles. The molecule has 0 fully saturated rings. The van der Waals surface area contributed by atoms with Gasteiger partial charge >= 0.3 is 5.97 Å². The summed E-state index contributed by atoms with van der Waals surface area (Å²) in [5.74, 6) is -1.36. The van der Waals surface area contributed by atoms with E-state index in [1.807, 2.05) is 63.2 Å². The second-order valence-electron chi connectivity index (χ2n) is 7.02. The van der Waals surface area contributed by atoms with E-state index in [-0.39, 0.29) is 31.0 Å². The fourth-order valence-corrected chi connectivity index (χ4v) is 2.61. The number of carboxylic acid groups (broad SMARTS) is 1. The van der Waals surface area contributed by atoms with Crippen molar-refractivity contribution in [1.82, 2.24) is 5.32 Å². The van der Waals surface area contributed by atoms with E-state index in [2.05, 4.69) is 5.32 Å². The summed E-state index contributed by atoms with van der Waals surface area (Å²) in [6.45, 7) is 5.99. The molecule has 134 valence electrons. The minimum Gasteiger partial charge on any atom is -0.480 e. The summed E-state index contributed by atoms with van der Waals surface area (Å²) in [4.78, 5) is 23.7. The van der Waals surface area contributed by atoms with Crippen molar-refractivity contribution in [3.8, 4) is 0 Å². The van der Waals surface area contributed by atoms with E-state index < -0.39 is 12.0 Å². The van der Waals surface area contributed by atoms with Gasteiger partial charge in [0.05, 0.1) is 12.0 Å². The molecule has 0 aliphatic rings. The third-order valence-electron chi connectivity index (χ3n) is 3.81. The lowest BCUT2D eigenvalue weighted by Gasteiger charge is -2.21. The van der Waals surface area contributed by atoms with Crippen LogP contribution in [0.3, 0.4) is 0 Å². The summed E-state index contributed by atoms with van der Waals surface area (Å²) in [7, 11) is 0. The maximum absolute atomic E-state index is 12.3. The molecule has 2 rings (SSSR count). The number of rotatable bonds is 7. The highest BCUT2D eigenvalue weighted by atomic mass is 16.5.